The van der Waals surface area contributed by atoms with Gasteiger partial charge < -0.3 is 14.6 Å². The molecule has 4 aromatic rings. The summed E-state index contributed by atoms with van der Waals surface area (Å²) in [6.45, 7) is 7.45. The zero-order valence-corrected chi connectivity index (χ0v) is 21.0. The second-order valence-electron chi connectivity index (χ2n) is 9.89. The molecule has 0 saturated carbocycles. The smallest absolute Gasteiger partial charge is 0.162 e. The number of benzene rings is 2. The van der Waals surface area contributed by atoms with E-state index < -0.39 is 0 Å². The molecule has 2 fully saturated rings. The van der Waals surface area contributed by atoms with E-state index in [9.17, 15) is 0 Å². The Morgan fingerprint density at radius 2 is 1.81 bits per heavy atom. The topological polar surface area (TPSA) is 97.2 Å². The van der Waals surface area contributed by atoms with E-state index in [0.29, 0.717) is 13.0 Å². The van der Waals surface area contributed by atoms with Crippen LogP contribution in [0.25, 0.3) is 21.9 Å². The van der Waals surface area contributed by atoms with E-state index in [0.717, 1.165) is 86.8 Å². The zero-order valence-electron chi connectivity index (χ0n) is 21.0. The number of rotatable bonds is 8. The summed E-state index contributed by atoms with van der Waals surface area (Å²) < 4.78 is 6.49. The Kier molecular flexibility index (Phi) is 6.84. The van der Waals surface area contributed by atoms with Crippen molar-refractivity contribution < 1.29 is 4.74 Å². The Morgan fingerprint density at radius 1 is 0.973 bits per heavy atom. The summed E-state index contributed by atoms with van der Waals surface area (Å²) >= 11 is 0. The van der Waals surface area contributed by atoms with Crippen LogP contribution in [0.15, 0.2) is 49.1 Å². The molecular weight excluding hydrogens is 464 g/mol. The third kappa shape index (κ3) is 4.95. The average molecular weight is 497 g/mol. The summed E-state index contributed by atoms with van der Waals surface area (Å²) in [5.41, 5.74) is 2.91. The second kappa shape index (κ2) is 10.7. The van der Waals surface area contributed by atoms with Crippen LogP contribution in [-0.4, -0.2) is 81.7 Å². The molecule has 2 aromatic carbocycles. The van der Waals surface area contributed by atoms with Crippen LogP contribution in [0.3, 0.4) is 0 Å². The van der Waals surface area contributed by atoms with E-state index in [1.54, 1.807) is 12.7 Å². The molecule has 6 rings (SSSR count). The van der Waals surface area contributed by atoms with Crippen LogP contribution in [0.5, 0.6) is 5.75 Å². The predicted molar refractivity (Wildman–Crippen MR) is 143 cm³/mol. The fourth-order valence-corrected chi connectivity index (χ4v) is 5.65. The van der Waals surface area contributed by atoms with Gasteiger partial charge in [0, 0.05) is 57.6 Å². The van der Waals surface area contributed by atoms with Crippen molar-refractivity contribution in [2.24, 2.45) is 0 Å². The molecule has 1 unspecified atom stereocenters. The predicted octanol–water partition coefficient (Wildman–Crippen LogP) is 3.59. The van der Waals surface area contributed by atoms with Crippen molar-refractivity contribution in [2.75, 3.05) is 50.8 Å². The third-order valence-corrected chi connectivity index (χ3v) is 7.65. The zero-order chi connectivity index (χ0) is 25.0. The summed E-state index contributed by atoms with van der Waals surface area (Å²) in [7, 11) is 0. The molecule has 2 aromatic heterocycles. The highest BCUT2D eigenvalue weighted by Gasteiger charge is 2.29. The molecule has 0 radical (unpaired) electrons. The number of imidazole rings is 1. The standard InChI is InChI=1S/C28H32N8O/c29-10-4-11-34-13-15-35(16-14-34)17-21-8-9-25(24-7-2-1-6-23(21)24)37-18-22-5-3-12-36(22)28-26-27(31-19-30-26)32-20-33-28/h1-2,6-9,19-20,22H,3-5,11-18H2,(H,30,31,32,33). The molecule has 2 aliphatic rings. The molecule has 4 heterocycles. The minimum atomic E-state index is 0.241. The lowest BCUT2D eigenvalue weighted by atomic mass is 10.0. The minimum Gasteiger partial charge on any atom is -0.491 e. The Hall–Kier alpha value is -3.74. The number of nitrogens with zero attached hydrogens (tertiary/aromatic N) is 7. The van der Waals surface area contributed by atoms with Crippen LogP contribution in [0.1, 0.15) is 24.8 Å². The molecule has 9 nitrogen and oxygen atoms in total. The molecule has 0 amide bonds. The number of nitriles is 1. The number of hydrogen-bond acceptors (Lipinski definition) is 8. The van der Waals surface area contributed by atoms with Crippen LogP contribution in [0.2, 0.25) is 0 Å². The lowest BCUT2D eigenvalue weighted by molar-refractivity contribution is 0.129. The van der Waals surface area contributed by atoms with Gasteiger partial charge in [0.2, 0.25) is 0 Å². The fraction of sp³-hybridized carbons (Fsp3) is 0.429. The van der Waals surface area contributed by atoms with Crippen molar-refractivity contribution in [2.45, 2.75) is 31.8 Å². The van der Waals surface area contributed by atoms with E-state index in [-0.39, 0.29) is 6.04 Å². The van der Waals surface area contributed by atoms with Gasteiger partial charge in [-0.05, 0) is 29.9 Å². The van der Waals surface area contributed by atoms with E-state index in [1.165, 1.54) is 10.9 Å². The Bertz CT molecular complexity index is 1400. The molecule has 0 spiro atoms. The summed E-state index contributed by atoms with van der Waals surface area (Å²) in [5, 5.41) is 11.3. The van der Waals surface area contributed by atoms with Gasteiger partial charge in [0.15, 0.2) is 11.5 Å². The van der Waals surface area contributed by atoms with Gasteiger partial charge in [-0.2, -0.15) is 5.26 Å². The first kappa shape index (κ1) is 23.6. The lowest BCUT2D eigenvalue weighted by Crippen LogP contribution is -2.46. The Labute approximate surface area is 216 Å². The van der Waals surface area contributed by atoms with Gasteiger partial charge in [-0.1, -0.05) is 30.3 Å². The Morgan fingerprint density at radius 3 is 2.68 bits per heavy atom. The number of piperazine rings is 1. The van der Waals surface area contributed by atoms with Crippen molar-refractivity contribution in [3.8, 4) is 11.8 Å². The highest BCUT2D eigenvalue weighted by atomic mass is 16.5. The maximum atomic E-state index is 8.85. The van der Waals surface area contributed by atoms with Crippen LogP contribution < -0.4 is 9.64 Å². The number of aromatic nitrogens is 4. The molecule has 9 heteroatoms. The minimum absolute atomic E-state index is 0.241. The van der Waals surface area contributed by atoms with Crippen LogP contribution >= 0.6 is 0 Å². The number of nitrogens with one attached hydrogen (secondary N) is 1. The lowest BCUT2D eigenvalue weighted by Gasteiger charge is -2.34. The van der Waals surface area contributed by atoms with Crippen LogP contribution in [-0.2, 0) is 6.54 Å². The first-order valence-corrected chi connectivity index (χ1v) is 13.2. The first-order valence-electron chi connectivity index (χ1n) is 13.2. The number of ether oxygens (including phenoxy) is 1. The normalized spacial score (nSPS) is 19.0. The quantitative estimate of drug-likeness (QED) is 0.395. The number of H-pyrrole nitrogens is 1. The summed E-state index contributed by atoms with van der Waals surface area (Å²) in [6, 6.07) is 15.4. The molecule has 190 valence electrons. The van der Waals surface area contributed by atoms with E-state index in [4.69, 9.17) is 10.00 Å². The maximum absolute atomic E-state index is 8.85. The third-order valence-electron chi connectivity index (χ3n) is 7.65. The Balaban J connectivity index is 1.15. The number of aromatic amines is 1. The fourth-order valence-electron chi connectivity index (χ4n) is 5.65. The van der Waals surface area contributed by atoms with Gasteiger partial charge in [-0.25, -0.2) is 15.0 Å². The molecule has 37 heavy (non-hydrogen) atoms. The molecule has 0 bridgehead atoms. The first-order chi connectivity index (χ1) is 18.3. The van der Waals surface area contributed by atoms with Gasteiger partial charge in [0.1, 0.15) is 24.2 Å². The number of hydrogen-bond donors (Lipinski definition) is 1. The summed E-state index contributed by atoms with van der Waals surface area (Å²) in [6.07, 6.45) is 6.05. The van der Waals surface area contributed by atoms with Crippen molar-refractivity contribution in [1.82, 2.24) is 29.7 Å². The van der Waals surface area contributed by atoms with E-state index >= 15 is 0 Å². The molecule has 1 atom stereocenters. The molecule has 2 aliphatic heterocycles. The molecule has 0 aliphatic carbocycles. The van der Waals surface area contributed by atoms with Gasteiger partial charge in [0.25, 0.3) is 0 Å². The highest BCUT2D eigenvalue weighted by Crippen LogP contribution is 2.32. The highest BCUT2D eigenvalue weighted by molar-refractivity contribution is 5.91. The van der Waals surface area contributed by atoms with Crippen LogP contribution in [0.4, 0.5) is 5.82 Å². The monoisotopic (exact) mass is 496 g/mol. The van der Waals surface area contributed by atoms with Crippen molar-refractivity contribution >= 4 is 27.8 Å². The van der Waals surface area contributed by atoms with Gasteiger partial charge in [0.05, 0.1) is 18.4 Å². The number of fused-ring (bicyclic) bond motifs is 2. The summed E-state index contributed by atoms with van der Waals surface area (Å²) in [5.74, 6) is 1.81. The van der Waals surface area contributed by atoms with E-state index in [2.05, 4.69) is 77.1 Å². The van der Waals surface area contributed by atoms with Crippen LogP contribution in [0, 0.1) is 11.3 Å². The van der Waals surface area contributed by atoms with Crippen molar-refractivity contribution in [3.05, 3.63) is 54.6 Å². The second-order valence-corrected chi connectivity index (χ2v) is 9.89. The SMILES string of the molecule is N#CCCN1CCN(Cc2ccc(OCC3CCCN3c3ncnc4[nH]cnc34)c3ccccc23)CC1. The molecule has 2 saturated heterocycles. The molecular formula is C28H32N8O. The van der Waals surface area contributed by atoms with Crippen molar-refractivity contribution in [3.63, 3.8) is 0 Å². The molecule has 1 N–H and O–H groups in total. The number of anilines is 1. The van der Waals surface area contributed by atoms with Gasteiger partial charge in [-0.15, -0.1) is 0 Å². The van der Waals surface area contributed by atoms with Crippen molar-refractivity contribution in [1.29, 1.82) is 5.26 Å². The van der Waals surface area contributed by atoms with Gasteiger partial charge in [-0.3, -0.25) is 9.80 Å². The largest absolute Gasteiger partial charge is 0.491 e. The van der Waals surface area contributed by atoms with Gasteiger partial charge >= 0.3 is 0 Å². The average Bonchev–Trinajstić information content (AvgIpc) is 3.62. The summed E-state index contributed by atoms with van der Waals surface area (Å²) in [4.78, 5) is 23.6. The van der Waals surface area contributed by atoms with E-state index in [1.807, 2.05) is 0 Å². The maximum Gasteiger partial charge on any atom is 0.162 e.